The molecule has 4 aliphatic rings. The highest BCUT2D eigenvalue weighted by Gasteiger charge is 2.53. The maximum atomic E-state index is 12.3. The molecule has 2 saturated carbocycles. The Morgan fingerprint density at radius 1 is 1.00 bits per heavy atom. The molecule has 21 heavy (non-hydrogen) atoms. The first-order chi connectivity index (χ1) is 9.95. The molecule has 112 valence electrons. The van der Waals surface area contributed by atoms with Crippen molar-refractivity contribution in [3.8, 4) is 0 Å². The van der Waals surface area contributed by atoms with Gasteiger partial charge in [-0.05, 0) is 62.9 Å². The molecular weight excluding hydrogens is 260 g/mol. The van der Waals surface area contributed by atoms with Crippen molar-refractivity contribution in [2.45, 2.75) is 65.2 Å². The highest BCUT2D eigenvalue weighted by atomic mass is 16.1. The zero-order valence-electron chi connectivity index (χ0n) is 13.1. The summed E-state index contributed by atoms with van der Waals surface area (Å²) in [4.78, 5) is 24.1. The first-order valence-electron chi connectivity index (χ1n) is 8.45. The van der Waals surface area contributed by atoms with Gasteiger partial charge in [0, 0.05) is 18.3 Å². The summed E-state index contributed by atoms with van der Waals surface area (Å²) in [6.07, 6.45) is 9.65. The van der Waals surface area contributed by atoms with Gasteiger partial charge >= 0.3 is 0 Å². The quantitative estimate of drug-likeness (QED) is 0.626. The topological polar surface area (TPSA) is 34.1 Å². The summed E-state index contributed by atoms with van der Waals surface area (Å²) >= 11 is 0. The van der Waals surface area contributed by atoms with Crippen molar-refractivity contribution >= 4 is 11.6 Å². The molecule has 3 atom stereocenters. The Hall–Kier alpha value is -1.18. The smallest absolute Gasteiger partial charge is 0.155 e. The lowest BCUT2D eigenvalue weighted by Crippen LogP contribution is -2.42. The lowest BCUT2D eigenvalue weighted by atomic mass is 9.52. The monoisotopic (exact) mass is 284 g/mol. The fourth-order valence-corrected chi connectivity index (χ4v) is 5.61. The van der Waals surface area contributed by atoms with Crippen LogP contribution < -0.4 is 0 Å². The van der Waals surface area contributed by atoms with E-state index >= 15 is 0 Å². The third-order valence-corrected chi connectivity index (χ3v) is 7.02. The lowest BCUT2D eigenvalue weighted by Gasteiger charge is -2.51. The van der Waals surface area contributed by atoms with Crippen molar-refractivity contribution in [1.29, 1.82) is 0 Å². The van der Waals surface area contributed by atoms with E-state index in [1.54, 1.807) is 5.57 Å². The number of carbonyl (C=O) groups excluding carboxylic acids is 2. The molecule has 0 unspecified atom stereocenters. The van der Waals surface area contributed by atoms with Crippen LogP contribution in [0, 0.1) is 16.7 Å². The molecule has 2 heteroatoms. The molecular formula is C19H24O2. The number of Topliss-reactive ketones (excluding diaryl/α,β-unsaturated/α-hetero) is 1. The number of ketones is 2. The van der Waals surface area contributed by atoms with Gasteiger partial charge in [0.2, 0.25) is 0 Å². The van der Waals surface area contributed by atoms with Gasteiger partial charge in [-0.1, -0.05) is 23.6 Å². The maximum absolute atomic E-state index is 12.3. The Bertz CT molecular complexity index is 609. The number of allylic oxidation sites excluding steroid dienone is 4. The van der Waals surface area contributed by atoms with E-state index in [4.69, 9.17) is 0 Å². The Morgan fingerprint density at radius 2 is 1.81 bits per heavy atom. The Kier molecular flexibility index (Phi) is 2.68. The van der Waals surface area contributed by atoms with Gasteiger partial charge in [-0.15, -0.1) is 0 Å². The molecule has 4 aliphatic carbocycles. The molecule has 0 amide bonds. The molecule has 0 aliphatic heterocycles. The molecule has 0 aromatic rings. The van der Waals surface area contributed by atoms with E-state index in [9.17, 15) is 9.59 Å². The fraction of sp³-hybridized carbons (Fsp3) is 0.684. The van der Waals surface area contributed by atoms with E-state index < -0.39 is 0 Å². The van der Waals surface area contributed by atoms with Crippen molar-refractivity contribution in [1.82, 2.24) is 0 Å². The predicted octanol–water partition coefficient (Wildman–Crippen LogP) is 4.15. The molecule has 4 rings (SSSR count). The van der Waals surface area contributed by atoms with Crippen LogP contribution in [0.1, 0.15) is 65.2 Å². The second kappa shape index (κ2) is 4.18. The van der Waals surface area contributed by atoms with Gasteiger partial charge < -0.3 is 0 Å². The number of hydrogen-bond donors (Lipinski definition) is 0. The Labute approximate surface area is 126 Å². The van der Waals surface area contributed by atoms with E-state index in [-0.39, 0.29) is 10.8 Å². The molecule has 0 aromatic heterocycles. The predicted molar refractivity (Wildman–Crippen MR) is 81.8 cm³/mol. The van der Waals surface area contributed by atoms with Crippen molar-refractivity contribution in [2.75, 3.05) is 0 Å². The van der Waals surface area contributed by atoms with E-state index in [0.717, 1.165) is 44.9 Å². The molecule has 0 bridgehead atoms. The number of rotatable bonds is 0. The Morgan fingerprint density at radius 3 is 2.62 bits per heavy atom. The van der Waals surface area contributed by atoms with Gasteiger partial charge in [0.25, 0.3) is 0 Å². The maximum Gasteiger partial charge on any atom is 0.155 e. The van der Waals surface area contributed by atoms with Crippen LogP contribution in [0.5, 0.6) is 0 Å². The van der Waals surface area contributed by atoms with Crippen LogP contribution in [0.25, 0.3) is 0 Å². The normalized spacial score (nSPS) is 42.4. The average Bonchev–Trinajstić information content (AvgIpc) is 2.76. The van der Waals surface area contributed by atoms with Crippen LogP contribution in [0.15, 0.2) is 22.8 Å². The van der Waals surface area contributed by atoms with Gasteiger partial charge in [-0.2, -0.15) is 0 Å². The zero-order valence-corrected chi connectivity index (χ0v) is 13.1. The van der Waals surface area contributed by atoms with Gasteiger partial charge in [0.15, 0.2) is 5.78 Å². The summed E-state index contributed by atoms with van der Waals surface area (Å²) in [6.45, 7) is 4.55. The van der Waals surface area contributed by atoms with Gasteiger partial charge in [-0.25, -0.2) is 0 Å². The van der Waals surface area contributed by atoms with Crippen molar-refractivity contribution in [3.63, 3.8) is 0 Å². The Balaban J connectivity index is 1.82. The summed E-state index contributed by atoms with van der Waals surface area (Å²) in [5.41, 5.74) is 4.51. The molecule has 0 heterocycles. The minimum Gasteiger partial charge on any atom is -0.299 e. The largest absolute Gasteiger partial charge is 0.299 e. The molecule has 0 N–H and O–H groups in total. The second-order valence-electron chi connectivity index (χ2n) is 7.90. The average molecular weight is 284 g/mol. The molecule has 2 fully saturated rings. The first kappa shape index (κ1) is 13.5. The highest BCUT2D eigenvalue weighted by molar-refractivity contribution is 5.92. The molecule has 2 nitrogen and oxygen atoms in total. The van der Waals surface area contributed by atoms with Crippen LogP contribution in [0.4, 0.5) is 0 Å². The number of fused-ring (bicyclic) bond motifs is 4. The summed E-state index contributed by atoms with van der Waals surface area (Å²) < 4.78 is 0. The van der Waals surface area contributed by atoms with E-state index in [1.165, 1.54) is 11.1 Å². The van der Waals surface area contributed by atoms with Crippen molar-refractivity contribution in [3.05, 3.63) is 22.8 Å². The highest BCUT2D eigenvalue weighted by Crippen LogP contribution is 2.61. The summed E-state index contributed by atoms with van der Waals surface area (Å²) in [7, 11) is 0. The van der Waals surface area contributed by atoms with Crippen LogP contribution >= 0.6 is 0 Å². The molecule has 0 aromatic carbocycles. The van der Waals surface area contributed by atoms with E-state index in [1.807, 2.05) is 6.08 Å². The number of carbonyl (C=O) groups is 2. The van der Waals surface area contributed by atoms with Crippen LogP contribution in [-0.2, 0) is 9.59 Å². The lowest BCUT2D eigenvalue weighted by molar-refractivity contribution is -0.124. The number of hydrogen-bond acceptors (Lipinski definition) is 2. The van der Waals surface area contributed by atoms with Gasteiger partial charge in [0.1, 0.15) is 5.78 Å². The van der Waals surface area contributed by atoms with Crippen molar-refractivity contribution < 1.29 is 9.59 Å². The van der Waals surface area contributed by atoms with Crippen LogP contribution in [-0.4, -0.2) is 11.6 Å². The van der Waals surface area contributed by atoms with Crippen LogP contribution in [0.2, 0.25) is 0 Å². The fourth-order valence-electron chi connectivity index (χ4n) is 5.61. The zero-order chi connectivity index (χ0) is 14.8. The SMILES string of the molecule is C[C@]12CC[C@H]3C(=C1CCC2=O)CCC1=CC(=O)CC[C@@]13C. The van der Waals surface area contributed by atoms with E-state index in [0.29, 0.717) is 23.9 Å². The molecule has 0 spiro atoms. The minimum atomic E-state index is -0.145. The van der Waals surface area contributed by atoms with Crippen molar-refractivity contribution in [2.24, 2.45) is 16.7 Å². The van der Waals surface area contributed by atoms with Crippen LogP contribution in [0.3, 0.4) is 0 Å². The summed E-state index contributed by atoms with van der Waals surface area (Å²) in [5.74, 6) is 1.36. The molecule has 0 radical (unpaired) electrons. The van der Waals surface area contributed by atoms with E-state index in [2.05, 4.69) is 13.8 Å². The van der Waals surface area contributed by atoms with Gasteiger partial charge in [-0.3, -0.25) is 9.59 Å². The minimum absolute atomic E-state index is 0.145. The second-order valence-corrected chi connectivity index (χ2v) is 7.90. The first-order valence-corrected chi connectivity index (χ1v) is 8.45. The summed E-state index contributed by atoms with van der Waals surface area (Å²) in [5, 5.41) is 0. The molecule has 0 saturated heterocycles. The third-order valence-electron chi connectivity index (χ3n) is 7.02. The van der Waals surface area contributed by atoms with Gasteiger partial charge in [0.05, 0.1) is 0 Å². The standard InChI is InChI=1S/C19H24O2/c1-18-9-7-13(20)11-12(18)3-4-14-15-5-6-17(21)19(15,2)10-8-16(14)18/h11,16H,3-10H2,1-2H3/t16-,18-,19-/m0/s1. The third kappa shape index (κ3) is 1.65. The summed E-state index contributed by atoms with van der Waals surface area (Å²) in [6, 6.07) is 0.